The minimum Gasteiger partial charge on any atom is -0.493 e. The Morgan fingerprint density at radius 3 is 2.70 bits per heavy atom. The molecular weight excluding hydrogens is 310 g/mol. The maximum absolute atomic E-state index is 12.8. The molecular formula is C19H18ClNO2. The molecule has 1 amide bonds. The molecule has 0 bridgehead atoms. The van der Waals surface area contributed by atoms with Crippen LogP contribution in [0.25, 0.3) is 0 Å². The molecule has 0 unspecified atom stereocenters. The van der Waals surface area contributed by atoms with E-state index in [9.17, 15) is 4.79 Å². The van der Waals surface area contributed by atoms with Gasteiger partial charge in [-0.05, 0) is 54.3 Å². The van der Waals surface area contributed by atoms with Gasteiger partial charge in [0.15, 0.2) is 0 Å². The summed E-state index contributed by atoms with van der Waals surface area (Å²) in [6, 6.07) is 13.8. The number of carbonyl (C=O) groups is 1. The summed E-state index contributed by atoms with van der Waals surface area (Å²) < 4.78 is 5.55. The zero-order valence-corrected chi connectivity index (χ0v) is 13.6. The number of hydrogen-bond donors (Lipinski definition) is 0. The third kappa shape index (κ3) is 3.06. The van der Waals surface area contributed by atoms with Gasteiger partial charge in [-0.25, -0.2) is 0 Å². The van der Waals surface area contributed by atoms with E-state index in [2.05, 4.69) is 12.1 Å². The molecule has 3 nitrogen and oxygen atoms in total. The summed E-state index contributed by atoms with van der Waals surface area (Å²) in [4.78, 5) is 14.8. The quantitative estimate of drug-likeness (QED) is 0.846. The highest BCUT2D eigenvalue weighted by atomic mass is 35.5. The van der Waals surface area contributed by atoms with E-state index in [0.29, 0.717) is 23.2 Å². The Hall–Kier alpha value is -2.00. The summed E-state index contributed by atoms with van der Waals surface area (Å²) in [5, 5.41) is 0.651. The van der Waals surface area contributed by atoms with Crippen LogP contribution in [0, 0.1) is 0 Å². The molecule has 0 spiro atoms. The molecule has 1 aliphatic carbocycles. The van der Waals surface area contributed by atoms with Gasteiger partial charge in [-0.1, -0.05) is 23.7 Å². The van der Waals surface area contributed by atoms with Gasteiger partial charge in [0.25, 0.3) is 5.91 Å². The Labute approximate surface area is 140 Å². The lowest BCUT2D eigenvalue weighted by Crippen LogP contribution is -2.32. The summed E-state index contributed by atoms with van der Waals surface area (Å²) in [5.41, 5.74) is 3.12. The van der Waals surface area contributed by atoms with Crippen LogP contribution in [-0.4, -0.2) is 23.5 Å². The zero-order valence-electron chi connectivity index (χ0n) is 12.8. The summed E-state index contributed by atoms with van der Waals surface area (Å²) in [6.45, 7) is 1.41. The van der Waals surface area contributed by atoms with Crippen LogP contribution >= 0.6 is 11.6 Å². The van der Waals surface area contributed by atoms with Gasteiger partial charge in [-0.15, -0.1) is 0 Å². The predicted octanol–water partition coefficient (Wildman–Crippen LogP) is 4.08. The van der Waals surface area contributed by atoms with Gasteiger partial charge in [0, 0.05) is 29.6 Å². The second kappa shape index (κ2) is 5.89. The van der Waals surface area contributed by atoms with Crippen LogP contribution in [0.5, 0.6) is 5.75 Å². The van der Waals surface area contributed by atoms with Crippen LogP contribution in [0.3, 0.4) is 0 Å². The average Bonchev–Trinajstić information content (AvgIpc) is 3.30. The van der Waals surface area contributed by atoms with Crippen LogP contribution < -0.4 is 4.74 Å². The van der Waals surface area contributed by atoms with Crippen molar-refractivity contribution in [3.05, 3.63) is 64.2 Å². The van der Waals surface area contributed by atoms with Crippen molar-refractivity contribution in [1.29, 1.82) is 0 Å². The van der Waals surface area contributed by atoms with Crippen molar-refractivity contribution in [2.75, 3.05) is 6.61 Å². The minimum absolute atomic E-state index is 0.0842. The number of halogens is 1. The Bertz CT molecular complexity index is 738. The van der Waals surface area contributed by atoms with Crippen LogP contribution in [0.15, 0.2) is 42.5 Å². The molecule has 23 heavy (non-hydrogen) atoms. The molecule has 0 saturated heterocycles. The highest BCUT2D eigenvalue weighted by molar-refractivity contribution is 6.30. The number of carbonyl (C=O) groups excluding carboxylic acids is 1. The first-order valence-corrected chi connectivity index (χ1v) is 8.39. The third-order valence-corrected chi connectivity index (χ3v) is 4.70. The number of ether oxygens (including phenoxy) is 1. The smallest absolute Gasteiger partial charge is 0.254 e. The molecule has 0 aromatic heterocycles. The van der Waals surface area contributed by atoms with E-state index in [-0.39, 0.29) is 5.91 Å². The van der Waals surface area contributed by atoms with Crippen molar-refractivity contribution in [3.63, 3.8) is 0 Å². The normalized spacial score (nSPS) is 15.9. The van der Waals surface area contributed by atoms with Crippen LogP contribution in [0.2, 0.25) is 5.02 Å². The van der Waals surface area contributed by atoms with Gasteiger partial charge in [-0.3, -0.25) is 4.79 Å². The van der Waals surface area contributed by atoms with Gasteiger partial charge < -0.3 is 9.64 Å². The van der Waals surface area contributed by atoms with Crippen molar-refractivity contribution >= 4 is 17.5 Å². The second-order valence-electron chi connectivity index (χ2n) is 6.21. The van der Waals surface area contributed by atoms with E-state index in [1.165, 1.54) is 11.1 Å². The fraction of sp³-hybridized carbons (Fsp3) is 0.316. The van der Waals surface area contributed by atoms with E-state index < -0.39 is 0 Å². The van der Waals surface area contributed by atoms with E-state index in [1.54, 1.807) is 24.3 Å². The molecule has 0 N–H and O–H groups in total. The summed E-state index contributed by atoms with van der Waals surface area (Å²) in [7, 11) is 0. The second-order valence-corrected chi connectivity index (χ2v) is 6.65. The maximum atomic E-state index is 12.8. The molecule has 2 aromatic rings. The topological polar surface area (TPSA) is 29.5 Å². The summed E-state index contributed by atoms with van der Waals surface area (Å²) >= 11 is 5.92. The number of rotatable bonds is 4. The number of hydrogen-bond acceptors (Lipinski definition) is 2. The van der Waals surface area contributed by atoms with E-state index in [1.807, 2.05) is 11.0 Å². The molecule has 0 atom stereocenters. The van der Waals surface area contributed by atoms with E-state index >= 15 is 0 Å². The zero-order chi connectivity index (χ0) is 15.8. The predicted molar refractivity (Wildman–Crippen MR) is 90.0 cm³/mol. The largest absolute Gasteiger partial charge is 0.493 e. The standard InChI is InChI=1S/C19H18ClNO2/c20-16-4-2-14(3-5-16)19(22)21(17-6-7-17)12-13-1-8-18-15(11-13)9-10-23-18/h1-5,8,11,17H,6-7,9-10,12H2. The van der Waals surface area contributed by atoms with Crippen molar-refractivity contribution < 1.29 is 9.53 Å². The third-order valence-electron chi connectivity index (χ3n) is 4.45. The summed E-state index contributed by atoms with van der Waals surface area (Å²) in [6.07, 6.45) is 3.14. The SMILES string of the molecule is O=C(c1ccc(Cl)cc1)N(Cc1ccc2c(c1)CCO2)C1CC1. The Morgan fingerprint density at radius 1 is 1.17 bits per heavy atom. The molecule has 2 aromatic carbocycles. The first kappa shape index (κ1) is 14.6. The van der Waals surface area contributed by atoms with Crippen LogP contribution in [-0.2, 0) is 13.0 Å². The van der Waals surface area contributed by atoms with Crippen molar-refractivity contribution in [2.24, 2.45) is 0 Å². The average molecular weight is 328 g/mol. The molecule has 1 heterocycles. The Morgan fingerprint density at radius 2 is 1.96 bits per heavy atom. The monoisotopic (exact) mass is 327 g/mol. The molecule has 1 fully saturated rings. The Kier molecular flexibility index (Phi) is 3.74. The number of fused-ring (bicyclic) bond motifs is 1. The van der Waals surface area contributed by atoms with Gasteiger partial charge in [-0.2, -0.15) is 0 Å². The first-order chi connectivity index (χ1) is 11.2. The van der Waals surface area contributed by atoms with Gasteiger partial charge in [0.1, 0.15) is 5.75 Å². The summed E-state index contributed by atoms with van der Waals surface area (Å²) in [5.74, 6) is 1.07. The number of nitrogens with zero attached hydrogens (tertiary/aromatic N) is 1. The number of amides is 1. The van der Waals surface area contributed by atoms with E-state index in [4.69, 9.17) is 16.3 Å². The van der Waals surface area contributed by atoms with Crippen molar-refractivity contribution in [2.45, 2.75) is 31.8 Å². The van der Waals surface area contributed by atoms with Crippen LogP contribution in [0.4, 0.5) is 0 Å². The fourth-order valence-electron chi connectivity index (χ4n) is 3.05. The first-order valence-electron chi connectivity index (χ1n) is 8.02. The highest BCUT2D eigenvalue weighted by Gasteiger charge is 2.33. The molecule has 4 rings (SSSR count). The lowest BCUT2D eigenvalue weighted by Gasteiger charge is -2.23. The Balaban J connectivity index is 1.56. The van der Waals surface area contributed by atoms with E-state index in [0.717, 1.165) is 31.6 Å². The van der Waals surface area contributed by atoms with Crippen LogP contribution in [0.1, 0.15) is 34.3 Å². The van der Waals surface area contributed by atoms with Crippen molar-refractivity contribution in [1.82, 2.24) is 4.90 Å². The molecule has 2 aliphatic rings. The van der Waals surface area contributed by atoms with Gasteiger partial charge in [0.05, 0.1) is 6.61 Å². The number of benzene rings is 2. The highest BCUT2D eigenvalue weighted by Crippen LogP contribution is 2.32. The minimum atomic E-state index is 0.0842. The van der Waals surface area contributed by atoms with Crippen molar-refractivity contribution in [3.8, 4) is 5.75 Å². The lowest BCUT2D eigenvalue weighted by atomic mass is 10.1. The fourth-order valence-corrected chi connectivity index (χ4v) is 3.17. The molecule has 1 saturated carbocycles. The molecule has 4 heteroatoms. The molecule has 118 valence electrons. The molecule has 1 aliphatic heterocycles. The van der Waals surface area contributed by atoms with Gasteiger partial charge in [0.2, 0.25) is 0 Å². The lowest BCUT2D eigenvalue weighted by molar-refractivity contribution is 0.0730. The maximum Gasteiger partial charge on any atom is 0.254 e. The molecule has 0 radical (unpaired) electrons. The van der Waals surface area contributed by atoms with Gasteiger partial charge >= 0.3 is 0 Å².